The first-order chi connectivity index (χ1) is 16.0. The summed E-state index contributed by atoms with van der Waals surface area (Å²) >= 11 is 0. The SMILES string of the molecule is O=C(CCOc1ccc(F)cc1)N[C@H](CN1CC[C@@H](F)C1)C(O)c1ccc2c(c1)OCCO2. The van der Waals surface area contributed by atoms with E-state index in [0.29, 0.717) is 55.5 Å². The van der Waals surface area contributed by atoms with E-state index in [1.54, 1.807) is 18.2 Å². The highest BCUT2D eigenvalue weighted by Gasteiger charge is 2.30. The van der Waals surface area contributed by atoms with E-state index < -0.39 is 18.3 Å². The first-order valence-corrected chi connectivity index (χ1v) is 11.1. The predicted octanol–water partition coefficient (Wildman–Crippen LogP) is 2.63. The number of nitrogens with one attached hydrogen (secondary N) is 1. The van der Waals surface area contributed by atoms with E-state index in [9.17, 15) is 18.7 Å². The number of halogens is 2. The lowest BCUT2D eigenvalue weighted by Crippen LogP contribution is -2.47. The molecule has 2 aromatic rings. The Morgan fingerprint density at radius 2 is 1.94 bits per heavy atom. The molecule has 7 nitrogen and oxygen atoms in total. The molecule has 0 bridgehead atoms. The quantitative estimate of drug-likeness (QED) is 0.597. The zero-order chi connectivity index (χ0) is 23.2. The van der Waals surface area contributed by atoms with Crippen LogP contribution in [0.4, 0.5) is 8.78 Å². The number of aliphatic hydroxyl groups is 1. The number of nitrogens with zero attached hydrogens (tertiary/aromatic N) is 1. The monoisotopic (exact) mass is 462 g/mol. The minimum atomic E-state index is -1.03. The van der Waals surface area contributed by atoms with E-state index in [-0.39, 0.29) is 31.3 Å². The number of carbonyl (C=O) groups is 1. The molecule has 0 saturated carbocycles. The molecule has 3 atom stereocenters. The van der Waals surface area contributed by atoms with Crippen molar-refractivity contribution in [1.29, 1.82) is 0 Å². The summed E-state index contributed by atoms with van der Waals surface area (Å²) in [5.74, 6) is 0.933. The zero-order valence-electron chi connectivity index (χ0n) is 18.2. The highest BCUT2D eigenvalue weighted by Crippen LogP contribution is 2.33. The molecule has 2 aromatic carbocycles. The Labute approximate surface area is 191 Å². The number of hydrogen-bond acceptors (Lipinski definition) is 6. The molecule has 1 amide bonds. The molecule has 0 radical (unpaired) electrons. The van der Waals surface area contributed by atoms with E-state index >= 15 is 0 Å². The van der Waals surface area contributed by atoms with Crippen LogP contribution in [0.25, 0.3) is 0 Å². The summed E-state index contributed by atoms with van der Waals surface area (Å²) in [5, 5.41) is 14.0. The van der Waals surface area contributed by atoms with Crippen molar-refractivity contribution in [2.24, 2.45) is 0 Å². The van der Waals surface area contributed by atoms with Crippen LogP contribution in [0.3, 0.4) is 0 Å². The Morgan fingerprint density at radius 1 is 1.18 bits per heavy atom. The third kappa shape index (κ3) is 6.33. The number of ether oxygens (including phenoxy) is 3. The minimum absolute atomic E-state index is 0.0491. The lowest BCUT2D eigenvalue weighted by atomic mass is 10.0. The van der Waals surface area contributed by atoms with Crippen molar-refractivity contribution in [3.05, 3.63) is 53.8 Å². The number of aliphatic hydroxyl groups excluding tert-OH is 1. The van der Waals surface area contributed by atoms with Gasteiger partial charge in [0, 0.05) is 19.6 Å². The normalized spacial score (nSPS) is 19.7. The number of amides is 1. The summed E-state index contributed by atoms with van der Waals surface area (Å²) in [6.07, 6.45) is -1.45. The standard InChI is InChI=1S/C24H28F2N2O5/c25-17-2-4-19(5-3-17)31-10-8-23(29)27-20(15-28-9-7-18(26)14-28)24(30)16-1-6-21-22(13-16)33-12-11-32-21/h1-6,13,18,20,24,30H,7-12,14-15H2,(H,27,29)/t18-,20-,24?/m1/s1. The number of rotatable bonds is 9. The predicted molar refractivity (Wildman–Crippen MR) is 117 cm³/mol. The van der Waals surface area contributed by atoms with Gasteiger partial charge in [-0.1, -0.05) is 6.07 Å². The number of benzene rings is 2. The van der Waals surface area contributed by atoms with Gasteiger partial charge in [-0.2, -0.15) is 0 Å². The van der Waals surface area contributed by atoms with Crippen molar-refractivity contribution in [1.82, 2.24) is 10.2 Å². The van der Waals surface area contributed by atoms with Gasteiger partial charge in [0.25, 0.3) is 0 Å². The fourth-order valence-electron chi connectivity index (χ4n) is 4.00. The van der Waals surface area contributed by atoms with Crippen molar-refractivity contribution >= 4 is 5.91 Å². The lowest BCUT2D eigenvalue weighted by molar-refractivity contribution is -0.123. The number of carbonyl (C=O) groups excluding carboxylic acids is 1. The maximum absolute atomic E-state index is 13.7. The average molecular weight is 462 g/mol. The second-order valence-corrected chi connectivity index (χ2v) is 8.22. The summed E-state index contributed by atoms with van der Waals surface area (Å²) in [5.41, 5.74) is 0.572. The fourth-order valence-corrected chi connectivity index (χ4v) is 4.00. The molecule has 1 saturated heterocycles. The van der Waals surface area contributed by atoms with Crippen LogP contribution in [0.5, 0.6) is 17.2 Å². The lowest BCUT2D eigenvalue weighted by Gasteiger charge is -2.29. The first-order valence-electron chi connectivity index (χ1n) is 11.1. The maximum Gasteiger partial charge on any atom is 0.223 e. The Kier molecular flexibility index (Phi) is 7.61. The summed E-state index contributed by atoms with van der Waals surface area (Å²) in [6.45, 7) is 2.13. The van der Waals surface area contributed by atoms with Crippen LogP contribution < -0.4 is 19.5 Å². The summed E-state index contributed by atoms with van der Waals surface area (Å²) in [4.78, 5) is 14.5. The number of likely N-dealkylation sites (tertiary alicyclic amines) is 1. The second kappa shape index (κ2) is 10.8. The van der Waals surface area contributed by atoms with Crippen molar-refractivity contribution in [2.45, 2.75) is 31.2 Å². The number of hydrogen-bond donors (Lipinski definition) is 2. The summed E-state index contributed by atoms with van der Waals surface area (Å²) in [7, 11) is 0. The molecule has 1 unspecified atom stereocenters. The van der Waals surface area contributed by atoms with Gasteiger partial charge in [-0.3, -0.25) is 9.69 Å². The van der Waals surface area contributed by atoms with Gasteiger partial charge in [0.05, 0.1) is 19.1 Å². The van der Waals surface area contributed by atoms with Crippen LogP contribution in [-0.4, -0.2) is 67.6 Å². The molecule has 4 rings (SSSR count). The molecule has 178 valence electrons. The molecule has 9 heteroatoms. The van der Waals surface area contributed by atoms with Gasteiger partial charge in [-0.15, -0.1) is 0 Å². The molecular weight excluding hydrogens is 434 g/mol. The minimum Gasteiger partial charge on any atom is -0.493 e. The molecule has 33 heavy (non-hydrogen) atoms. The fraction of sp³-hybridized carbons (Fsp3) is 0.458. The largest absolute Gasteiger partial charge is 0.493 e. The van der Waals surface area contributed by atoms with Crippen molar-refractivity contribution in [3.63, 3.8) is 0 Å². The first kappa shape index (κ1) is 23.3. The molecule has 0 aromatic heterocycles. The highest BCUT2D eigenvalue weighted by molar-refractivity contribution is 5.76. The van der Waals surface area contributed by atoms with Gasteiger partial charge in [-0.25, -0.2) is 8.78 Å². The third-order valence-corrected chi connectivity index (χ3v) is 5.72. The molecule has 1 fully saturated rings. The van der Waals surface area contributed by atoms with E-state index in [0.717, 1.165) is 0 Å². The zero-order valence-corrected chi connectivity index (χ0v) is 18.2. The summed E-state index contributed by atoms with van der Waals surface area (Å²) < 4.78 is 43.3. The van der Waals surface area contributed by atoms with E-state index in [1.165, 1.54) is 24.3 Å². The van der Waals surface area contributed by atoms with Crippen LogP contribution >= 0.6 is 0 Å². The molecule has 0 spiro atoms. The van der Waals surface area contributed by atoms with Gasteiger partial charge in [0.1, 0.15) is 37.1 Å². The average Bonchev–Trinajstić information content (AvgIpc) is 3.23. The van der Waals surface area contributed by atoms with E-state index in [4.69, 9.17) is 14.2 Å². The Morgan fingerprint density at radius 3 is 2.67 bits per heavy atom. The smallest absolute Gasteiger partial charge is 0.223 e. The topological polar surface area (TPSA) is 80.3 Å². The molecule has 2 heterocycles. The van der Waals surface area contributed by atoms with Crippen molar-refractivity contribution < 1.29 is 32.9 Å². The van der Waals surface area contributed by atoms with Crippen LogP contribution in [0.1, 0.15) is 24.5 Å². The number of alkyl halides is 1. The third-order valence-electron chi connectivity index (χ3n) is 5.72. The number of fused-ring (bicyclic) bond motifs is 1. The Balaban J connectivity index is 1.39. The molecule has 2 N–H and O–H groups in total. The summed E-state index contributed by atoms with van der Waals surface area (Å²) in [6, 6.07) is 10.1. The van der Waals surface area contributed by atoms with Crippen LogP contribution in [-0.2, 0) is 4.79 Å². The van der Waals surface area contributed by atoms with Crippen molar-refractivity contribution in [3.8, 4) is 17.2 Å². The second-order valence-electron chi connectivity index (χ2n) is 8.22. The van der Waals surface area contributed by atoms with Crippen LogP contribution in [0.15, 0.2) is 42.5 Å². The van der Waals surface area contributed by atoms with Crippen LogP contribution in [0, 0.1) is 5.82 Å². The van der Waals surface area contributed by atoms with Gasteiger partial charge in [0.15, 0.2) is 11.5 Å². The van der Waals surface area contributed by atoms with Crippen LogP contribution in [0.2, 0.25) is 0 Å². The van der Waals surface area contributed by atoms with Crippen molar-refractivity contribution in [2.75, 3.05) is 39.5 Å². The van der Waals surface area contributed by atoms with E-state index in [2.05, 4.69) is 5.32 Å². The molecule has 2 aliphatic heterocycles. The van der Waals surface area contributed by atoms with Gasteiger partial charge in [-0.05, 0) is 48.4 Å². The van der Waals surface area contributed by atoms with E-state index in [1.807, 2.05) is 4.90 Å². The van der Waals surface area contributed by atoms with Gasteiger partial charge >= 0.3 is 0 Å². The highest BCUT2D eigenvalue weighted by atomic mass is 19.1. The van der Waals surface area contributed by atoms with Gasteiger partial charge in [0.2, 0.25) is 5.91 Å². The Hall–Kier alpha value is -2.91. The molecule has 2 aliphatic rings. The Bertz CT molecular complexity index is 943. The molecule has 0 aliphatic carbocycles. The maximum atomic E-state index is 13.7. The van der Waals surface area contributed by atoms with Gasteiger partial charge < -0.3 is 24.6 Å². The molecular formula is C24H28F2N2O5.